The molecule has 2 aliphatic rings. The molecule has 2 fully saturated rings. The topological polar surface area (TPSA) is 65.2 Å². The second kappa shape index (κ2) is 3.30. The van der Waals surface area contributed by atoms with Crippen LogP contribution in [0.3, 0.4) is 0 Å². The minimum absolute atomic E-state index is 0.255. The van der Waals surface area contributed by atoms with E-state index in [0.29, 0.717) is 5.89 Å². The van der Waals surface area contributed by atoms with Crippen LogP contribution in [0, 0.1) is 5.92 Å². The Morgan fingerprint density at radius 3 is 2.88 bits per heavy atom. The standard InChI is InChI=1S/C11H14N2O3/c1-15-10(14)11(4-5-11)9-12-8(13-16-9)6-7-2-3-7/h7H,2-6H2,1H3. The van der Waals surface area contributed by atoms with Gasteiger partial charge in [0.2, 0.25) is 5.89 Å². The zero-order chi connectivity index (χ0) is 11.2. The smallest absolute Gasteiger partial charge is 0.321 e. The van der Waals surface area contributed by atoms with Gasteiger partial charge in [-0.25, -0.2) is 0 Å². The van der Waals surface area contributed by atoms with Gasteiger partial charge >= 0.3 is 5.97 Å². The molecule has 16 heavy (non-hydrogen) atoms. The van der Waals surface area contributed by atoms with Gasteiger partial charge in [0, 0.05) is 6.42 Å². The first-order chi connectivity index (χ1) is 7.74. The van der Waals surface area contributed by atoms with E-state index in [2.05, 4.69) is 10.1 Å². The first-order valence-corrected chi connectivity index (χ1v) is 5.66. The maximum absolute atomic E-state index is 11.6. The predicted octanol–water partition coefficient (Wildman–Crippen LogP) is 1.23. The Morgan fingerprint density at radius 1 is 1.56 bits per heavy atom. The average Bonchev–Trinajstić information content (AvgIpc) is 3.19. The maximum atomic E-state index is 11.6. The van der Waals surface area contributed by atoms with Crippen LogP contribution in [0.1, 0.15) is 37.4 Å². The molecule has 5 nitrogen and oxygen atoms in total. The van der Waals surface area contributed by atoms with Gasteiger partial charge in [0.05, 0.1) is 7.11 Å². The molecule has 3 rings (SSSR count). The van der Waals surface area contributed by atoms with Crippen LogP contribution in [0.4, 0.5) is 0 Å². The molecule has 0 spiro atoms. The van der Waals surface area contributed by atoms with Crippen molar-refractivity contribution in [3.05, 3.63) is 11.7 Å². The van der Waals surface area contributed by atoms with E-state index in [-0.39, 0.29) is 5.97 Å². The van der Waals surface area contributed by atoms with Gasteiger partial charge in [-0.3, -0.25) is 4.79 Å². The quantitative estimate of drug-likeness (QED) is 0.717. The summed E-state index contributed by atoms with van der Waals surface area (Å²) in [6, 6.07) is 0. The number of hydrogen-bond acceptors (Lipinski definition) is 5. The van der Waals surface area contributed by atoms with E-state index in [9.17, 15) is 4.79 Å². The fourth-order valence-corrected chi connectivity index (χ4v) is 1.94. The molecular weight excluding hydrogens is 208 g/mol. The largest absolute Gasteiger partial charge is 0.468 e. The molecule has 0 unspecified atom stereocenters. The Bertz CT molecular complexity index is 419. The highest BCUT2D eigenvalue weighted by Gasteiger charge is 2.57. The number of ether oxygens (including phenoxy) is 1. The highest BCUT2D eigenvalue weighted by Crippen LogP contribution is 2.48. The van der Waals surface area contributed by atoms with Crippen molar-refractivity contribution in [1.82, 2.24) is 10.1 Å². The van der Waals surface area contributed by atoms with Gasteiger partial charge in [0.15, 0.2) is 5.82 Å². The third-order valence-electron chi connectivity index (χ3n) is 3.37. The molecule has 0 bridgehead atoms. The number of methoxy groups -OCH3 is 1. The van der Waals surface area contributed by atoms with Crippen LogP contribution in [-0.2, 0) is 21.4 Å². The molecule has 2 aliphatic carbocycles. The summed E-state index contributed by atoms with van der Waals surface area (Å²) in [7, 11) is 1.39. The van der Waals surface area contributed by atoms with Gasteiger partial charge in [-0.15, -0.1) is 0 Å². The summed E-state index contributed by atoms with van der Waals surface area (Å²) in [5.74, 6) is 1.63. The summed E-state index contributed by atoms with van der Waals surface area (Å²) in [4.78, 5) is 15.9. The van der Waals surface area contributed by atoms with Crippen molar-refractivity contribution in [2.24, 2.45) is 5.92 Å². The lowest BCUT2D eigenvalue weighted by Gasteiger charge is -2.05. The Balaban J connectivity index is 1.78. The highest BCUT2D eigenvalue weighted by molar-refractivity contribution is 5.85. The molecule has 0 aromatic carbocycles. The maximum Gasteiger partial charge on any atom is 0.321 e. The molecule has 1 aromatic heterocycles. The van der Waals surface area contributed by atoms with E-state index >= 15 is 0 Å². The van der Waals surface area contributed by atoms with Gasteiger partial charge in [-0.2, -0.15) is 4.98 Å². The lowest BCUT2D eigenvalue weighted by Crippen LogP contribution is -2.22. The van der Waals surface area contributed by atoms with Crippen molar-refractivity contribution in [2.75, 3.05) is 7.11 Å². The molecule has 86 valence electrons. The van der Waals surface area contributed by atoms with E-state index < -0.39 is 5.41 Å². The van der Waals surface area contributed by atoms with Crippen LogP contribution in [0.15, 0.2) is 4.52 Å². The van der Waals surface area contributed by atoms with E-state index in [4.69, 9.17) is 9.26 Å². The van der Waals surface area contributed by atoms with Crippen molar-refractivity contribution in [2.45, 2.75) is 37.5 Å². The van der Waals surface area contributed by atoms with Crippen LogP contribution >= 0.6 is 0 Å². The zero-order valence-corrected chi connectivity index (χ0v) is 9.23. The first-order valence-electron chi connectivity index (χ1n) is 5.66. The Hall–Kier alpha value is -1.39. The summed E-state index contributed by atoms with van der Waals surface area (Å²) in [6.45, 7) is 0. The normalized spacial score (nSPS) is 21.8. The number of rotatable bonds is 4. The molecule has 0 N–H and O–H groups in total. The zero-order valence-electron chi connectivity index (χ0n) is 9.23. The number of aromatic nitrogens is 2. The van der Waals surface area contributed by atoms with Crippen LogP contribution in [0.25, 0.3) is 0 Å². The average molecular weight is 222 g/mol. The van der Waals surface area contributed by atoms with Crippen LogP contribution < -0.4 is 0 Å². The molecule has 1 aromatic rings. The van der Waals surface area contributed by atoms with Crippen molar-refractivity contribution in [1.29, 1.82) is 0 Å². The molecule has 0 radical (unpaired) electrons. The molecule has 0 atom stereocenters. The molecule has 0 aliphatic heterocycles. The molecular formula is C11H14N2O3. The SMILES string of the molecule is COC(=O)C1(c2nc(CC3CC3)no2)CC1. The first kappa shape index (κ1) is 9.81. The Labute approximate surface area is 93.2 Å². The minimum atomic E-state index is -0.621. The summed E-state index contributed by atoms with van der Waals surface area (Å²) in [5.41, 5.74) is -0.621. The van der Waals surface area contributed by atoms with Crippen LogP contribution in [0.5, 0.6) is 0 Å². The second-order valence-electron chi connectivity index (χ2n) is 4.74. The van der Waals surface area contributed by atoms with Gasteiger partial charge in [-0.05, 0) is 31.6 Å². The molecule has 2 saturated carbocycles. The summed E-state index contributed by atoms with van der Waals surface area (Å²) < 4.78 is 9.95. The van der Waals surface area contributed by atoms with Crippen molar-refractivity contribution >= 4 is 5.97 Å². The fourth-order valence-electron chi connectivity index (χ4n) is 1.94. The molecule has 0 amide bonds. The van der Waals surface area contributed by atoms with Crippen molar-refractivity contribution in [3.8, 4) is 0 Å². The van der Waals surface area contributed by atoms with E-state index in [1.807, 2.05) is 0 Å². The number of carbonyl (C=O) groups is 1. The number of nitrogens with zero attached hydrogens (tertiary/aromatic N) is 2. The third-order valence-corrected chi connectivity index (χ3v) is 3.37. The van der Waals surface area contributed by atoms with Crippen LogP contribution in [0.2, 0.25) is 0 Å². The third kappa shape index (κ3) is 1.50. The Morgan fingerprint density at radius 2 is 2.31 bits per heavy atom. The monoisotopic (exact) mass is 222 g/mol. The molecule has 1 heterocycles. The van der Waals surface area contributed by atoms with E-state index in [1.165, 1.54) is 20.0 Å². The number of carbonyl (C=O) groups excluding carboxylic acids is 1. The minimum Gasteiger partial charge on any atom is -0.468 e. The van der Waals surface area contributed by atoms with Gasteiger partial charge in [-0.1, -0.05) is 5.16 Å². The van der Waals surface area contributed by atoms with Gasteiger partial charge in [0.1, 0.15) is 5.41 Å². The van der Waals surface area contributed by atoms with E-state index in [1.54, 1.807) is 0 Å². The van der Waals surface area contributed by atoms with Crippen molar-refractivity contribution in [3.63, 3.8) is 0 Å². The van der Waals surface area contributed by atoms with Crippen LogP contribution in [-0.4, -0.2) is 23.2 Å². The second-order valence-corrected chi connectivity index (χ2v) is 4.74. The van der Waals surface area contributed by atoms with Crippen molar-refractivity contribution < 1.29 is 14.1 Å². The Kier molecular flexibility index (Phi) is 2.02. The summed E-state index contributed by atoms with van der Waals surface area (Å²) >= 11 is 0. The highest BCUT2D eigenvalue weighted by atomic mass is 16.5. The lowest BCUT2D eigenvalue weighted by atomic mass is 10.1. The van der Waals surface area contributed by atoms with E-state index in [0.717, 1.165) is 31.0 Å². The fraction of sp³-hybridized carbons (Fsp3) is 0.727. The van der Waals surface area contributed by atoms with Gasteiger partial charge < -0.3 is 9.26 Å². The summed E-state index contributed by atoms with van der Waals surface area (Å²) in [6.07, 6.45) is 4.90. The van der Waals surface area contributed by atoms with Gasteiger partial charge in [0.25, 0.3) is 0 Å². The molecule has 5 heteroatoms. The predicted molar refractivity (Wildman–Crippen MR) is 53.7 cm³/mol. The molecule has 0 saturated heterocycles. The number of hydrogen-bond donors (Lipinski definition) is 0. The summed E-state index contributed by atoms with van der Waals surface area (Å²) in [5, 5.41) is 3.93. The lowest BCUT2D eigenvalue weighted by molar-refractivity contribution is -0.144. The number of esters is 1.